The highest BCUT2D eigenvalue weighted by Gasteiger charge is 2.14. The molecule has 0 aromatic heterocycles. The van der Waals surface area contributed by atoms with Gasteiger partial charge in [0.1, 0.15) is 5.75 Å². The molecule has 0 radical (unpaired) electrons. The van der Waals surface area contributed by atoms with Crippen molar-refractivity contribution in [1.82, 2.24) is 0 Å². The lowest BCUT2D eigenvalue weighted by Gasteiger charge is -2.18. The molecule has 0 aliphatic rings. The summed E-state index contributed by atoms with van der Waals surface area (Å²) in [5.74, 6) is 0.414. The third-order valence-electron chi connectivity index (χ3n) is 3.94. The summed E-state index contributed by atoms with van der Waals surface area (Å²) in [5, 5.41) is 8.92. The van der Waals surface area contributed by atoms with Gasteiger partial charge in [0.05, 0.1) is 7.11 Å². The number of benzene rings is 2. The molecule has 0 spiro atoms. The first-order valence-electron chi connectivity index (χ1n) is 7.53. The minimum absolute atomic E-state index is 0.139. The maximum absolute atomic E-state index is 10.9. The van der Waals surface area contributed by atoms with Crippen molar-refractivity contribution < 1.29 is 14.6 Å². The molecule has 1 atom stereocenters. The summed E-state index contributed by atoms with van der Waals surface area (Å²) in [6, 6.07) is 16.2. The predicted molar refractivity (Wildman–Crippen MR) is 87.5 cm³/mol. The Morgan fingerprint density at radius 3 is 2.50 bits per heavy atom. The first kappa shape index (κ1) is 16.1. The summed E-state index contributed by atoms with van der Waals surface area (Å²) >= 11 is 0. The van der Waals surface area contributed by atoms with Gasteiger partial charge in [0.15, 0.2) is 0 Å². The molecule has 0 aliphatic carbocycles. The fourth-order valence-electron chi connectivity index (χ4n) is 2.72. The number of carboxylic acids is 1. The molecule has 0 bridgehead atoms. The third-order valence-corrected chi connectivity index (χ3v) is 3.94. The summed E-state index contributed by atoms with van der Waals surface area (Å²) in [4.78, 5) is 10.9. The second kappa shape index (κ2) is 7.64. The molecule has 0 aliphatic heterocycles. The molecular weight excluding hydrogens is 276 g/mol. The topological polar surface area (TPSA) is 46.5 Å². The Morgan fingerprint density at radius 1 is 1.14 bits per heavy atom. The van der Waals surface area contributed by atoms with Crippen LogP contribution in [0, 0.1) is 0 Å². The van der Waals surface area contributed by atoms with Gasteiger partial charge in [-0.2, -0.15) is 0 Å². The van der Waals surface area contributed by atoms with Crippen molar-refractivity contribution in [3.63, 3.8) is 0 Å². The maximum atomic E-state index is 10.9. The van der Waals surface area contributed by atoms with E-state index in [0.717, 1.165) is 23.3 Å². The van der Waals surface area contributed by atoms with Gasteiger partial charge in [0, 0.05) is 6.42 Å². The Bertz CT molecular complexity index is 620. The highest BCUT2D eigenvalue weighted by atomic mass is 16.5. The fourth-order valence-corrected chi connectivity index (χ4v) is 2.72. The summed E-state index contributed by atoms with van der Waals surface area (Å²) < 4.78 is 5.48. The third kappa shape index (κ3) is 4.10. The first-order chi connectivity index (χ1) is 10.6. The molecule has 3 heteroatoms. The molecule has 2 aromatic rings. The van der Waals surface area contributed by atoms with Gasteiger partial charge in [-0.25, -0.2) is 0 Å². The largest absolute Gasteiger partial charge is 0.496 e. The van der Waals surface area contributed by atoms with E-state index < -0.39 is 5.97 Å². The molecule has 2 aromatic carbocycles. The highest BCUT2D eigenvalue weighted by molar-refractivity contribution is 5.67. The first-order valence-corrected chi connectivity index (χ1v) is 7.53. The zero-order valence-electron chi connectivity index (χ0n) is 13.1. The van der Waals surface area contributed by atoms with Crippen LogP contribution >= 0.6 is 0 Å². The summed E-state index contributed by atoms with van der Waals surface area (Å²) in [6.45, 7) is 2.18. The Balaban J connectivity index is 2.25. The second-order valence-corrected chi connectivity index (χ2v) is 5.51. The van der Waals surface area contributed by atoms with Gasteiger partial charge in [-0.05, 0) is 41.5 Å². The minimum atomic E-state index is -0.773. The van der Waals surface area contributed by atoms with Crippen LogP contribution in [0.5, 0.6) is 5.75 Å². The van der Waals surface area contributed by atoms with Crippen LogP contribution in [0.4, 0.5) is 0 Å². The van der Waals surface area contributed by atoms with Gasteiger partial charge >= 0.3 is 5.97 Å². The average molecular weight is 298 g/mol. The molecule has 1 unspecified atom stereocenters. The standard InChI is InChI=1S/C19H22O3/c1-14(15-7-4-3-5-8-15)13-17-16(11-12-19(20)21)9-6-10-18(17)22-2/h3-10,14H,11-13H2,1-2H3,(H,20,21). The van der Waals surface area contributed by atoms with Gasteiger partial charge < -0.3 is 9.84 Å². The lowest BCUT2D eigenvalue weighted by molar-refractivity contribution is -0.136. The van der Waals surface area contributed by atoms with Crippen molar-refractivity contribution in [3.05, 3.63) is 65.2 Å². The Morgan fingerprint density at radius 2 is 1.86 bits per heavy atom. The lowest BCUT2D eigenvalue weighted by atomic mass is 9.89. The molecule has 1 N–H and O–H groups in total. The summed E-state index contributed by atoms with van der Waals surface area (Å²) in [7, 11) is 1.66. The smallest absolute Gasteiger partial charge is 0.303 e. The van der Waals surface area contributed by atoms with Crippen LogP contribution < -0.4 is 4.74 Å². The highest BCUT2D eigenvalue weighted by Crippen LogP contribution is 2.29. The number of carboxylic acid groups (broad SMARTS) is 1. The van der Waals surface area contributed by atoms with E-state index in [4.69, 9.17) is 9.84 Å². The van der Waals surface area contributed by atoms with E-state index in [9.17, 15) is 4.79 Å². The van der Waals surface area contributed by atoms with Crippen LogP contribution in [0.15, 0.2) is 48.5 Å². The van der Waals surface area contributed by atoms with Crippen LogP contribution in [-0.4, -0.2) is 18.2 Å². The maximum Gasteiger partial charge on any atom is 0.303 e. The quantitative estimate of drug-likeness (QED) is 0.838. The van der Waals surface area contributed by atoms with Gasteiger partial charge in [-0.1, -0.05) is 49.4 Å². The number of hydrogen-bond acceptors (Lipinski definition) is 2. The van der Waals surface area contributed by atoms with E-state index >= 15 is 0 Å². The normalized spacial score (nSPS) is 11.9. The van der Waals surface area contributed by atoms with Crippen molar-refractivity contribution in [2.75, 3.05) is 7.11 Å². The lowest BCUT2D eigenvalue weighted by Crippen LogP contribution is -2.06. The molecular formula is C19H22O3. The van der Waals surface area contributed by atoms with Crippen LogP contribution in [0.25, 0.3) is 0 Å². The molecule has 0 heterocycles. The van der Waals surface area contributed by atoms with Crippen LogP contribution in [0.2, 0.25) is 0 Å². The molecule has 3 nitrogen and oxygen atoms in total. The van der Waals surface area contributed by atoms with Crippen molar-refractivity contribution in [2.45, 2.75) is 32.1 Å². The van der Waals surface area contributed by atoms with Crippen LogP contribution in [0.1, 0.15) is 36.0 Å². The van der Waals surface area contributed by atoms with Crippen molar-refractivity contribution >= 4 is 5.97 Å². The van der Waals surface area contributed by atoms with E-state index in [1.54, 1.807) is 7.11 Å². The second-order valence-electron chi connectivity index (χ2n) is 5.51. The molecule has 0 amide bonds. The zero-order valence-corrected chi connectivity index (χ0v) is 13.1. The summed E-state index contributed by atoms with van der Waals surface area (Å²) in [6.07, 6.45) is 1.51. The molecule has 0 saturated heterocycles. The van der Waals surface area contributed by atoms with E-state index in [1.807, 2.05) is 36.4 Å². The minimum Gasteiger partial charge on any atom is -0.496 e. The van der Waals surface area contributed by atoms with E-state index in [-0.39, 0.29) is 6.42 Å². The molecule has 0 fully saturated rings. The number of ether oxygens (including phenoxy) is 1. The average Bonchev–Trinajstić information content (AvgIpc) is 2.54. The Labute approximate surface area is 131 Å². The summed E-state index contributed by atoms with van der Waals surface area (Å²) in [5.41, 5.74) is 3.45. The van der Waals surface area contributed by atoms with Gasteiger partial charge in [-0.3, -0.25) is 4.79 Å². The van der Waals surface area contributed by atoms with Crippen LogP contribution in [0.3, 0.4) is 0 Å². The number of hydrogen-bond donors (Lipinski definition) is 1. The molecule has 0 saturated carbocycles. The Hall–Kier alpha value is -2.29. The predicted octanol–water partition coefficient (Wildman–Crippen LogP) is 4.06. The number of carbonyl (C=O) groups is 1. The van der Waals surface area contributed by atoms with E-state index in [0.29, 0.717) is 12.3 Å². The molecule has 22 heavy (non-hydrogen) atoms. The van der Waals surface area contributed by atoms with Crippen molar-refractivity contribution in [2.24, 2.45) is 0 Å². The van der Waals surface area contributed by atoms with Gasteiger partial charge in [0.2, 0.25) is 0 Å². The SMILES string of the molecule is COc1cccc(CCC(=O)O)c1CC(C)c1ccccc1. The number of rotatable bonds is 7. The number of aliphatic carboxylic acids is 1. The molecule has 2 rings (SSSR count). The fraction of sp³-hybridized carbons (Fsp3) is 0.316. The molecule has 116 valence electrons. The van der Waals surface area contributed by atoms with E-state index in [1.165, 1.54) is 5.56 Å². The Kier molecular flexibility index (Phi) is 5.59. The van der Waals surface area contributed by atoms with Crippen molar-refractivity contribution in [3.8, 4) is 5.75 Å². The monoisotopic (exact) mass is 298 g/mol. The number of aryl methyl sites for hydroxylation is 1. The number of methoxy groups -OCH3 is 1. The zero-order chi connectivity index (χ0) is 15.9. The van der Waals surface area contributed by atoms with Gasteiger partial charge in [-0.15, -0.1) is 0 Å². The van der Waals surface area contributed by atoms with Gasteiger partial charge in [0.25, 0.3) is 0 Å². The van der Waals surface area contributed by atoms with Crippen LogP contribution in [-0.2, 0) is 17.6 Å². The van der Waals surface area contributed by atoms with E-state index in [2.05, 4.69) is 19.1 Å². The van der Waals surface area contributed by atoms with Crippen molar-refractivity contribution in [1.29, 1.82) is 0 Å².